The smallest absolute Gasteiger partial charge is 0.326 e. The zero-order valence-corrected chi connectivity index (χ0v) is 24.8. The van der Waals surface area contributed by atoms with E-state index in [2.05, 4.69) is 5.32 Å². The van der Waals surface area contributed by atoms with Crippen LogP contribution in [0.5, 0.6) is 0 Å². The molecule has 0 aliphatic heterocycles. The van der Waals surface area contributed by atoms with E-state index in [0.29, 0.717) is 35.2 Å². The average molecular weight is 606 g/mol. The Morgan fingerprint density at radius 1 is 0.975 bits per heavy atom. The monoisotopic (exact) mass is 604 g/mol. The topological polar surface area (TPSA) is 92.8 Å². The van der Waals surface area contributed by atoms with E-state index in [0.717, 1.165) is 23.6 Å². The number of anilines is 1. The largest absolute Gasteiger partial charge is 0.464 e. The van der Waals surface area contributed by atoms with Crippen molar-refractivity contribution in [2.24, 2.45) is 5.92 Å². The lowest BCUT2D eigenvalue weighted by molar-refractivity contribution is -0.141. The van der Waals surface area contributed by atoms with E-state index >= 15 is 0 Å². The third kappa shape index (κ3) is 7.28. The minimum Gasteiger partial charge on any atom is -0.464 e. The Morgan fingerprint density at radius 2 is 1.65 bits per heavy atom. The number of carbonyl (C=O) groups excluding carboxylic acids is 2. The minimum atomic E-state index is -4.31. The molecule has 0 saturated heterocycles. The highest BCUT2D eigenvalue weighted by Crippen LogP contribution is 2.34. The third-order valence-electron chi connectivity index (χ3n) is 7.15. The van der Waals surface area contributed by atoms with Gasteiger partial charge in [-0.05, 0) is 60.9 Å². The van der Waals surface area contributed by atoms with Crippen LogP contribution in [0.2, 0.25) is 10.0 Å². The Hall–Kier alpha value is -2.81. The maximum Gasteiger partial charge on any atom is 0.326 e. The van der Waals surface area contributed by atoms with Gasteiger partial charge in [0.1, 0.15) is 6.54 Å². The molecule has 0 aromatic heterocycles. The Morgan fingerprint density at radius 3 is 2.35 bits per heavy atom. The van der Waals surface area contributed by atoms with Crippen molar-refractivity contribution in [2.45, 2.75) is 56.8 Å². The number of amides is 1. The lowest BCUT2D eigenvalue weighted by Gasteiger charge is -2.26. The molecule has 0 spiro atoms. The van der Waals surface area contributed by atoms with Crippen molar-refractivity contribution in [3.8, 4) is 0 Å². The lowest BCUT2D eigenvalue weighted by Crippen LogP contribution is -2.37. The van der Waals surface area contributed by atoms with E-state index in [9.17, 15) is 18.0 Å². The van der Waals surface area contributed by atoms with Crippen LogP contribution in [0.3, 0.4) is 0 Å². The molecule has 3 aromatic carbocycles. The number of nitrogens with one attached hydrogen (secondary N) is 1. The molecule has 7 nitrogen and oxygen atoms in total. The predicted octanol–water partition coefficient (Wildman–Crippen LogP) is 7.00. The molecule has 40 heavy (non-hydrogen) atoms. The number of nitrogens with zero attached hydrogens (tertiary/aromatic N) is 1. The molecule has 0 atom stereocenters. The van der Waals surface area contributed by atoms with E-state index in [-0.39, 0.29) is 33.1 Å². The summed E-state index contributed by atoms with van der Waals surface area (Å²) < 4.78 is 34.2. The van der Waals surface area contributed by atoms with Gasteiger partial charge in [-0.15, -0.1) is 0 Å². The second-order valence-corrected chi connectivity index (χ2v) is 12.8. The Labute approximate surface area is 245 Å². The first-order valence-electron chi connectivity index (χ1n) is 13.6. The minimum absolute atomic E-state index is 0.145. The molecule has 1 N–H and O–H groups in total. The van der Waals surface area contributed by atoms with Crippen molar-refractivity contribution in [1.82, 2.24) is 5.32 Å². The SMILES string of the molecule is CCCCOC(=O)CN(c1cccc2c(C(=O)NCC3CCCCC3)cccc12)S(=O)(=O)c1cc(Cl)cc(Cl)c1. The number of sulfonamides is 1. The van der Waals surface area contributed by atoms with Gasteiger partial charge in [-0.25, -0.2) is 8.42 Å². The van der Waals surface area contributed by atoms with Crippen LogP contribution in [-0.4, -0.2) is 40.0 Å². The average Bonchev–Trinajstić information content (AvgIpc) is 2.94. The van der Waals surface area contributed by atoms with E-state index in [4.69, 9.17) is 27.9 Å². The molecule has 10 heteroatoms. The predicted molar refractivity (Wildman–Crippen MR) is 160 cm³/mol. The van der Waals surface area contributed by atoms with E-state index in [1.807, 2.05) is 6.92 Å². The van der Waals surface area contributed by atoms with Crippen LogP contribution in [0.4, 0.5) is 5.69 Å². The zero-order valence-electron chi connectivity index (χ0n) is 22.5. The van der Waals surface area contributed by atoms with Gasteiger partial charge in [-0.3, -0.25) is 13.9 Å². The highest BCUT2D eigenvalue weighted by Gasteiger charge is 2.30. The van der Waals surface area contributed by atoms with Gasteiger partial charge in [0.05, 0.1) is 17.2 Å². The van der Waals surface area contributed by atoms with Gasteiger partial charge in [-0.1, -0.05) is 80.1 Å². The molecular formula is C30H34Cl2N2O5S. The van der Waals surface area contributed by atoms with Gasteiger partial charge >= 0.3 is 5.97 Å². The van der Waals surface area contributed by atoms with Crippen molar-refractivity contribution < 1.29 is 22.7 Å². The van der Waals surface area contributed by atoms with Gasteiger partial charge in [-0.2, -0.15) is 0 Å². The summed E-state index contributed by atoms with van der Waals surface area (Å²) in [7, 11) is -4.31. The summed E-state index contributed by atoms with van der Waals surface area (Å²) in [6.07, 6.45) is 7.30. The quantitative estimate of drug-likeness (QED) is 0.188. The maximum absolute atomic E-state index is 14.0. The highest BCUT2D eigenvalue weighted by molar-refractivity contribution is 7.93. The summed E-state index contributed by atoms with van der Waals surface area (Å²) in [4.78, 5) is 25.9. The van der Waals surface area contributed by atoms with Gasteiger partial charge < -0.3 is 10.1 Å². The first-order chi connectivity index (χ1) is 19.2. The van der Waals surface area contributed by atoms with E-state index < -0.39 is 22.5 Å². The summed E-state index contributed by atoms with van der Waals surface area (Å²) >= 11 is 12.3. The molecule has 0 unspecified atom stereocenters. The fraction of sp³-hybridized carbons (Fsp3) is 0.400. The van der Waals surface area contributed by atoms with Crippen LogP contribution in [0, 0.1) is 5.92 Å². The fourth-order valence-electron chi connectivity index (χ4n) is 5.03. The number of halogens is 2. The molecule has 0 heterocycles. The molecule has 0 radical (unpaired) electrons. The van der Waals surface area contributed by atoms with Gasteiger partial charge in [0, 0.05) is 27.5 Å². The Kier molecular flexibility index (Phi) is 10.3. The second-order valence-electron chi connectivity index (χ2n) is 10.1. The molecule has 1 amide bonds. The normalized spacial score (nSPS) is 14.2. The van der Waals surface area contributed by atoms with Crippen LogP contribution >= 0.6 is 23.2 Å². The molecule has 0 bridgehead atoms. The van der Waals surface area contributed by atoms with Gasteiger partial charge in [0.2, 0.25) is 0 Å². The van der Waals surface area contributed by atoms with Crippen LogP contribution in [0.25, 0.3) is 10.8 Å². The molecule has 1 aliphatic rings. The molecule has 214 valence electrons. The van der Waals surface area contributed by atoms with Gasteiger partial charge in [0.15, 0.2) is 0 Å². The van der Waals surface area contributed by atoms with Crippen molar-refractivity contribution in [3.63, 3.8) is 0 Å². The number of fused-ring (bicyclic) bond motifs is 1. The number of esters is 1. The summed E-state index contributed by atoms with van der Waals surface area (Å²) in [6.45, 7) is 2.20. The maximum atomic E-state index is 14.0. The lowest BCUT2D eigenvalue weighted by atomic mass is 9.89. The number of hydrogen-bond donors (Lipinski definition) is 1. The summed E-state index contributed by atoms with van der Waals surface area (Å²) in [6, 6.07) is 14.2. The molecule has 4 rings (SSSR count). The van der Waals surface area contributed by atoms with E-state index in [1.165, 1.54) is 37.5 Å². The summed E-state index contributed by atoms with van der Waals surface area (Å²) in [5.74, 6) is -0.445. The number of benzene rings is 3. The van der Waals surface area contributed by atoms with E-state index in [1.54, 1.807) is 36.4 Å². The summed E-state index contributed by atoms with van der Waals surface area (Å²) in [5, 5.41) is 4.43. The van der Waals surface area contributed by atoms with Gasteiger partial charge in [0.25, 0.3) is 15.9 Å². The number of rotatable bonds is 11. The Bertz CT molecular complexity index is 1450. The number of unbranched alkanes of at least 4 members (excludes halogenated alkanes) is 1. The molecule has 1 aliphatic carbocycles. The number of carbonyl (C=O) groups is 2. The zero-order chi connectivity index (χ0) is 28.7. The first kappa shape index (κ1) is 30.2. The van der Waals surface area contributed by atoms with Crippen LogP contribution in [0.1, 0.15) is 62.2 Å². The third-order valence-corrected chi connectivity index (χ3v) is 9.32. The summed E-state index contributed by atoms with van der Waals surface area (Å²) in [5.41, 5.74) is 0.673. The van der Waals surface area contributed by atoms with Crippen LogP contribution in [0.15, 0.2) is 59.5 Å². The van der Waals surface area contributed by atoms with Crippen LogP contribution < -0.4 is 9.62 Å². The number of hydrogen-bond acceptors (Lipinski definition) is 5. The van der Waals surface area contributed by atoms with Crippen molar-refractivity contribution >= 4 is 61.6 Å². The first-order valence-corrected chi connectivity index (χ1v) is 15.8. The van der Waals surface area contributed by atoms with Crippen molar-refractivity contribution in [1.29, 1.82) is 0 Å². The number of ether oxygens (including phenoxy) is 1. The molecular weight excluding hydrogens is 571 g/mol. The van der Waals surface area contributed by atoms with Crippen molar-refractivity contribution in [2.75, 3.05) is 24.0 Å². The molecule has 1 fully saturated rings. The standard InChI is InChI=1S/C30H34Cl2N2O5S/c1-2-3-15-39-29(35)20-34(40(37,38)24-17-22(31)16-23(32)18-24)28-14-8-11-25-26(28)12-7-13-27(25)30(36)33-19-21-9-5-4-6-10-21/h7-8,11-14,16-18,21H,2-6,9-10,15,19-20H2,1H3,(H,33,36). The van der Waals surface area contributed by atoms with Crippen LogP contribution in [-0.2, 0) is 19.6 Å². The molecule has 1 saturated carbocycles. The second kappa shape index (κ2) is 13.7. The highest BCUT2D eigenvalue weighted by atomic mass is 35.5. The molecule has 3 aromatic rings. The van der Waals surface area contributed by atoms with Crippen molar-refractivity contribution in [3.05, 3.63) is 70.2 Å². The fourth-order valence-corrected chi connectivity index (χ4v) is 7.19. The Balaban J connectivity index is 1.73.